The molecule has 14 heavy (non-hydrogen) atoms. The van der Waals surface area contributed by atoms with Crippen LogP contribution >= 0.6 is 0 Å². The molecular formula is C11H14O3. The third-order valence-electron chi connectivity index (χ3n) is 1.91. The molecule has 1 aromatic carbocycles. The Balaban J connectivity index is 2.80. The average molecular weight is 194 g/mol. The molecule has 0 aromatic heterocycles. The number of carbonyl (C=O) groups is 1. The maximum Gasteiger partial charge on any atom is 0.308 e. The summed E-state index contributed by atoms with van der Waals surface area (Å²) in [5.74, 6) is -1.95. The summed E-state index contributed by atoms with van der Waals surface area (Å²) in [6.07, 6.45) is 0.253. The number of hydrogen-bond acceptors (Lipinski definition) is 3. The van der Waals surface area contributed by atoms with Gasteiger partial charge in [-0.05, 0) is 0 Å². The van der Waals surface area contributed by atoms with Crippen molar-refractivity contribution in [3.63, 3.8) is 0 Å². The zero-order valence-electron chi connectivity index (χ0n) is 8.36. The lowest BCUT2D eigenvalue weighted by Crippen LogP contribution is -2.28. The van der Waals surface area contributed by atoms with E-state index in [0.29, 0.717) is 5.56 Å². The third kappa shape index (κ3) is 2.57. The monoisotopic (exact) mass is 194 g/mol. The van der Waals surface area contributed by atoms with Crippen LogP contribution in [0.5, 0.6) is 0 Å². The zero-order valence-corrected chi connectivity index (χ0v) is 8.36. The van der Waals surface area contributed by atoms with Gasteiger partial charge in [0.1, 0.15) is 0 Å². The first kappa shape index (κ1) is 10.7. The second-order valence-corrected chi connectivity index (χ2v) is 3.18. The summed E-state index contributed by atoms with van der Waals surface area (Å²) in [5, 5.41) is 9.84. The minimum atomic E-state index is -1.53. The zero-order chi connectivity index (χ0) is 10.6. The molecule has 0 saturated carbocycles. The number of benzene rings is 1. The van der Waals surface area contributed by atoms with Gasteiger partial charge in [-0.1, -0.05) is 37.3 Å². The molecule has 76 valence electrons. The van der Waals surface area contributed by atoms with E-state index in [4.69, 9.17) is 4.74 Å². The summed E-state index contributed by atoms with van der Waals surface area (Å²) in [6.45, 7) is 3.14. The normalized spacial score (nSPS) is 14.5. The highest BCUT2D eigenvalue weighted by molar-refractivity contribution is 5.69. The predicted molar refractivity (Wildman–Crippen MR) is 52.4 cm³/mol. The smallest absolute Gasteiger partial charge is 0.308 e. The van der Waals surface area contributed by atoms with Crippen molar-refractivity contribution in [3.05, 3.63) is 35.9 Å². The van der Waals surface area contributed by atoms with Crippen molar-refractivity contribution in [2.45, 2.75) is 26.1 Å². The number of hydrogen-bond donors (Lipinski definition) is 1. The molecule has 0 aliphatic carbocycles. The van der Waals surface area contributed by atoms with Crippen LogP contribution in [0.2, 0.25) is 0 Å². The van der Waals surface area contributed by atoms with Gasteiger partial charge in [0.15, 0.2) is 0 Å². The fraction of sp³-hybridized carbons (Fsp3) is 0.364. The van der Waals surface area contributed by atoms with Crippen LogP contribution in [0.25, 0.3) is 0 Å². The Kier molecular flexibility index (Phi) is 3.25. The summed E-state index contributed by atoms with van der Waals surface area (Å²) in [7, 11) is 0. The molecule has 0 bridgehead atoms. The van der Waals surface area contributed by atoms with Gasteiger partial charge < -0.3 is 9.84 Å². The van der Waals surface area contributed by atoms with E-state index in [1.807, 2.05) is 6.07 Å². The molecule has 0 aliphatic rings. The lowest BCUT2D eigenvalue weighted by molar-refractivity contribution is -0.206. The van der Waals surface area contributed by atoms with E-state index >= 15 is 0 Å². The summed E-state index contributed by atoms with van der Waals surface area (Å²) >= 11 is 0. The van der Waals surface area contributed by atoms with E-state index < -0.39 is 11.8 Å². The first-order chi connectivity index (χ1) is 6.56. The minimum Gasteiger partial charge on any atom is -0.429 e. The Bertz CT molecular complexity index is 304. The topological polar surface area (TPSA) is 46.5 Å². The largest absolute Gasteiger partial charge is 0.429 e. The molecule has 0 heterocycles. The van der Waals surface area contributed by atoms with E-state index in [1.54, 1.807) is 31.2 Å². The van der Waals surface area contributed by atoms with Crippen LogP contribution in [-0.2, 0) is 15.3 Å². The first-order valence-electron chi connectivity index (χ1n) is 4.56. The van der Waals surface area contributed by atoms with Crippen molar-refractivity contribution in [1.82, 2.24) is 0 Å². The van der Waals surface area contributed by atoms with Crippen molar-refractivity contribution in [1.29, 1.82) is 0 Å². The van der Waals surface area contributed by atoms with Gasteiger partial charge in [0.2, 0.25) is 5.79 Å². The van der Waals surface area contributed by atoms with Crippen LogP contribution in [0, 0.1) is 0 Å². The maximum absolute atomic E-state index is 11.0. The summed E-state index contributed by atoms with van der Waals surface area (Å²) < 4.78 is 4.89. The molecule has 3 nitrogen and oxygen atoms in total. The molecule has 0 spiro atoms. The van der Waals surface area contributed by atoms with E-state index in [9.17, 15) is 9.90 Å². The van der Waals surface area contributed by atoms with Crippen LogP contribution < -0.4 is 0 Å². The van der Waals surface area contributed by atoms with Gasteiger partial charge in [-0.15, -0.1) is 0 Å². The maximum atomic E-state index is 11.0. The number of esters is 1. The van der Waals surface area contributed by atoms with Crippen LogP contribution in [0.15, 0.2) is 30.3 Å². The van der Waals surface area contributed by atoms with Gasteiger partial charge in [-0.3, -0.25) is 4.79 Å². The molecule has 1 aromatic rings. The molecule has 0 unspecified atom stereocenters. The van der Waals surface area contributed by atoms with Gasteiger partial charge in [0.05, 0.1) is 0 Å². The molecule has 0 radical (unpaired) electrons. The number of aliphatic hydroxyl groups is 1. The number of rotatable bonds is 3. The lowest BCUT2D eigenvalue weighted by Gasteiger charge is -2.23. The molecule has 0 fully saturated rings. The molecule has 1 rings (SSSR count). The minimum absolute atomic E-state index is 0.253. The quantitative estimate of drug-likeness (QED) is 0.589. The summed E-state index contributed by atoms with van der Waals surface area (Å²) in [6, 6.07) is 8.82. The van der Waals surface area contributed by atoms with Crippen LogP contribution in [0.4, 0.5) is 0 Å². The van der Waals surface area contributed by atoms with Gasteiger partial charge in [0.25, 0.3) is 0 Å². The molecule has 0 saturated heterocycles. The predicted octanol–water partition coefficient (Wildman–Crippen LogP) is 1.80. The molecular weight excluding hydrogens is 180 g/mol. The highest BCUT2D eigenvalue weighted by atomic mass is 16.7. The van der Waals surface area contributed by atoms with E-state index in [2.05, 4.69) is 0 Å². The Morgan fingerprint density at radius 1 is 1.43 bits per heavy atom. The van der Waals surface area contributed by atoms with Gasteiger partial charge in [-0.2, -0.15) is 0 Å². The van der Waals surface area contributed by atoms with Crippen LogP contribution in [0.1, 0.15) is 25.8 Å². The molecule has 0 aliphatic heterocycles. The van der Waals surface area contributed by atoms with Crippen LogP contribution in [0.3, 0.4) is 0 Å². The summed E-state index contributed by atoms with van der Waals surface area (Å²) in [4.78, 5) is 11.0. The van der Waals surface area contributed by atoms with Crippen molar-refractivity contribution in [2.24, 2.45) is 0 Å². The molecule has 3 heteroatoms. The molecule has 1 atom stereocenters. The first-order valence-corrected chi connectivity index (χ1v) is 4.56. The standard InChI is InChI=1S/C11H14O3/c1-3-10(12)14-11(2,13)9-7-5-4-6-8-9/h4-8,13H,3H2,1-2H3/t11-/m0/s1. The van der Waals surface area contributed by atoms with Crippen molar-refractivity contribution in [2.75, 3.05) is 0 Å². The number of carbonyl (C=O) groups excluding carboxylic acids is 1. The SMILES string of the molecule is CCC(=O)O[C@](C)(O)c1ccccc1. The fourth-order valence-electron chi connectivity index (χ4n) is 1.10. The van der Waals surface area contributed by atoms with Gasteiger partial charge >= 0.3 is 5.97 Å². The Labute approximate surface area is 83.3 Å². The fourth-order valence-corrected chi connectivity index (χ4v) is 1.10. The van der Waals surface area contributed by atoms with Gasteiger partial charge in [0, 0.05) is 18.9 Å². The van der Waals surface area contributed by atoms with Crippen molar-refractivity contribution >= 4 is 5.97 Å². The second kappa shape index (κ2) is 4.24. The highest BCUT2D eigenvalue weighted by Gasteiger charge is 2.26. The van der Waals surface area contributed by atoms with Crippen molar-refractivity contribution < 1.29 is 14.6 Å². The number of ether oxygens (including phenoxy) is 1. The third-order valence-corrected chi connectivity index (χ3v) is 1.91. The summed E-state index contributed by atoms with van der Waals surface area (Å²) in [5.41, 5.74) is 0.571. The Morgan fingerprint density at radius 2 is 2.00 bits per heavy atom. The lowest BCUT2D eigenvalue weighted by atomic mass is 10.1. The Morgan fingerprint density at radius 3 is 2.50 bits per heavy atom. The Hall–Kier alpha value is -1.35. The van der Waals surface area contributed by atoms with E-state index in [-0.39, 0.29) is 6.42 Å². The molecule has 1 N–H and O–H groups in total. The van der Waals surface area contributed by atoms with E-state index in [0.717, 1.165) is 0 Å². The highest BCUT2D eigenvalue weighted by Crippen LogP contribution is 2.21. The second-order valence-electron chi connectivity index (χ2n) is 3.18. The average Bonchev–Trinajstić information content (AvgIpc) is 2.18. The van der Waals surface area contributed by atoms with Crippen molar-refractivity contribution in [3.8, 4) is 0 Å². The van der Waals surface area contributed by atoms with Crippen LogP contribution in [-0.4, -0.2) is 11.1 Å². The van der Waals surface area contributed by atoms with E-state index in [1.165, 1.54) is 6.92 Å². The van der Waals surface area contributed by atoms with Gasteiger partial charge in [-0.25, -0.2) is 0 Å². The molecule has 0 amide bonds.